The number of likely N-dealkylation sites (tertiary alicyclic amines) is 1. The molecule has 0 aliphatic carbocycles. The van der Waals surface area contributed by atoms with Crippen LogP contribution in [0.3, 0.4) is 0 Å². The lowest BCUT2D eigenvalue weighted by molar-refractivity contribution is 0.0592. The molecule has 3 heterocycles. The molecule has 23 heavy (non-hydrogen) atoms. The molecule has 4 rings (SSSR count). The Hall–Kier alpha value is -2.83. The van der Waals surface area contributed by atoms with Crippen LogP contribution < -0.4 is 4.74 Å². The van der Waals surface area contributed by atoms with Gasteiger partial charge in [-0.25, -0.2) is 0 Å². The minimum absolute atomic E-state index is 0.0788. The summed E-state index contributed by atoms with van der Waals surface area (Å²) >= 11 is 0. The van der Waals surface area contributed by atoms with Crippen LogP contribution in [0.5, 0.6) is 5.75 Å². The first kappa shape index (κ1) is 13.8. The van der Waals surface area contributed by atoms with E-state index in [4.69, 9.17) is 4.74 Å². The van der Waals surface area contributed by atoms with E-state index in [1.807, 2.05) is 30.5 Å². The maximum Gasteiger partial charge on any atom is 0.276 e. The minimum atomic E-state index is -0.0788. The Balaban J connectivity index is 1.40. The number of hydrogen-bond donors (Lipinski definition) is 2. The number of ether oxygens (including phenoxy) is 1. The summed E-state index contributed by atoms with van der Waals surface area (Å²) in [6.45, 7) is 1.33. The predicted molar refractivity (Wildman–Crippen MR) is 84.2 cm³/mol. The van der Waals surface area contributed by atoms with Crippen molar-refractivity contribution in [3.05, 3.63) is 42.4 Å². The number of hydrogen-bond acceptors (Lipinski definition) is 4. The average molecular weight is 311 g/mol. The molecule has 1 fully saturated rings. The van der Waals surface area contributed by atoms with E-state index in [0.717, 1.165) is 29.5 Å². The van der Waals surface area contributed by atoms with Crippen molar-refractivity contribution < 1.29 is 9.53 Å². The summed E-state index contributed by atoms with van der Waals surface area (Å²) < 4.78 is 6.15. The molecule has 3 aromatic rings. The van der Waals surface area contributed by atoms with Crippen molar-refractivity contribution in [2.24, 2.45) is 0 Å². The number of rotatable bonds is 3. The van der Waals surface area contributed by atoms with Gasteiger partial charge in [-0.2, -0.15) is 15.4 Å². The van der Waals surface area contributed by atoms with Gasteiger partial charge in [0.25, 0.3) is 5.91 Å². The number of benzene rings is 1. The van der Waals surface area contributed by atoms with Gasteiger partial charge in [0, 0.05) is 43.0 Å². The lowest BCUT2D eigenvalue weighted by atomic mass is 10.1. The first-order chi connectivity index (χ1) is 11.3. The lowest BCUT2D eigenvalue weighted by Crippen LogP contribution is -2.41. The fourth-order valence-electron chi connectivity index (χ4n) is 2.98. The highest BCUT2D eigenvalue weighted by Crippen LogP contribution is 2.27. The van der Waals surface area contributed by atoms with Crippen LogP contribution in [0.4, 0.5) is 0 Å². The van der Waals surface area contributed by atoms with Gasteiger partial charge in [-0.1, -0.05) is 6.07 Å². The molecule has 7 heteroatoms. The number of nitrogens with one attached hydrogen (secondary N) is 2. The van der Waals surface area contributed by atoms with Crippen LogP contribution in [0.2, 0.25) is 0 Å². The molecule has 2 aromatic heterocycles. The molecular weight excluding hydrogens is 294 g/mol. The molecule has 1 amide bonds. The summed E-state index contributed by atoms with van der Waals surface area (Å²) in [6, 6.07) is 8.02. The smallest absolute Gasteiger partial charge is 0.276 e. The second kappa shape index (κ2) is 5.75. The fourth-order valence-corrected chi connectivity index (χ4v) is 2.98. The second-order valence-electron chi connectivity index (χ2n) is 5.66. The van der Waals surface area contributed by atoms with Gasteiger partial charge >= 0.3 is 0 Å². The van der Waals surface area contributed by atoms with E-state index >= 15 is 0 Å². The monoisotopic (exact) mass is 311 g/mol. The van der Waals surface area contributed by atoms with Gasteiger partial charge < -0.3 is 14.6 Å². The zero-order valence-corrected chi connectivity index (χ0v) is 12.5. The molecular formula is C16H17N5O2. The topological polar surface area (TPSA) is 86.9 Å². The van der Waals surface area contributed by atoms with Gasteiger partial charge in [-0.15, -0.1) is 0 Å². The van der Waals surface area contributed by atoms with Crippen molar-refractivity contribution in [3.63, 3.8) is 0 Å². The van der Waals surface area contributed by atoms with Crippen LogP contribution in [0.1, 0.15) is 23.3 Å². The largest absolute Gasteiger partial charge is 0.490 e. The van der Waals surface area contributed by atoms with Crippen molar-refractivity contribution in [2.45, 2.75) is 18.9 Å². The zero-order valence-electron chi connectivity index (χ0n) is 12.5. The molecule has 1 saturated heterocycles. The Kier molecular flexibility index (Phi) is 3.45. The highest BCUT2D eigenvalue weighted by molar-refractivity contribution is 5.92. The standard InChI is InChI=1S/C16H17N5O2/c22-16(14-10-18-20-19-14)21-8-5-11(6-9-21)23-15-3-1-2-13-12(15)4-7-17-13/h1-4,7,10-11,17H,5-6,8-9H2,(H,18,19,20). The van der Waals surface area contributed by atoms with Gasteiger partial charge in [0.1, 0.15) is 11.9 Å². The molecule has 0 bridgehead atoms. The number of carbonyl (C=O) groups excluding carboxylic acids is 1. The van der Waals surface area contributed by atoms with Crippen LogP contribution in [0.25, 0.3) is 10.9 Å². The normalized spacial score (nSPS) is 15.9. The molecule has 0 spiro atoms. The number of aromatic amines is 2. The Morgan fingerprint density at radius 3 is 2.91 bits per heavy atom. The van der Waals surface area contributed by atoms with E-state index in [9.17, 15) is 4.79 Å². The number of amides is 1. The van der Waals surface area contributed by atoms with Gasteiger partial charge in [0.05, 0.1) is 6.20 Å². The Labute approximate surface area is 132 Å². The maximum atomic E-state index is 12.2. The number of nitrogens with zero attached hydrogens (tertiary/aromatic N) is 3. The zero-order chi connectivity index (χ0) is 15.6. The second-order valence-corrected chi connectivity index (χ2v) is 5.66. The van der Waals surface area contributed by atoms with Crippen molar-refractivity contribution in [1.82, 2.24) is 25.3 Å². The molecule has 0 atom stereocenters. The first-order valence-corrected chi connectivity index (χ1v) is 7.69. The third-order valence-corrected chi connectivity index (χ3v) is 4.21. The van der Waals surface area contributed by atoms with Crippen LogP contribution in [-0.4, -0.2) is 50.4 Å². The van der Waals surface area contributed by atoms with Crippen LogP contribution in [0.15, 0.2) is 36.7 Å². The van der Waals surface area contributed by atoms with E-state index in [-0.39, 0.29) is 12.0 Å². The highest BCUT2D eigenvalue weighted by Gasteiger charge is 2.26. The molecule has 118 valence electrons. The molecule has 0 saturated carbocycles. The summed E-state index contributed by atoms with van der Waals surface area (Å²) in [5.41, 5.74) is 1.43. The van der Waals surface area contributed by atoms with E-state index in [1.165, 1.54) is 6.20 Å². The third-order valence-electron chi connectivity index (χ3n) is 4.21. The van der Waals surface area contributed by atoms with Crippen molar-refractivity contribution in [3.8, 4) is 5.75 Å². The summed E-state index contributed by atoms with van der Waals surface area (Å²) in [4.78, 5) is 17.2. The van der Waals surface area contributed by atoms with Crippen molar-refractivity contribution >= 4 is 16.8 Å². The average Bonchev–Trinajstić information content (AvgIpc) is 3.27. The van der Waals surface area contributed by atoms with Gasteiger partial charge in [0.15, 0.2) is 5.69 Å². The Morgan fingerprint density at radius 2 is 2.13 bits per heavy atom. The predicted octanol–water partition coefficient (Wildman–Crippen LogP) is 1.97. The van der Waals surface area contributed by atoms with Crippen molar-refractivity contribution in [1.29, 1.82) is 0 Å². The molecule has 7 nitrogen and oxygen atoms in total. The maximum absolute atomic E-state index is 12.2. The Morgan fingerprint density at radius 1 is 1.26 bits per heavy atom. The van der Waals surface area contributed by atoms with Gasteiger partial charge in [-0.05, 0) is 18.2 Å². The van der Waals surface area contributed by atoms with E-state index in [0.29, 0.717) is 18.8 Å². The van der Waals surface area contributed by atoms with Gasteiger partial charge in [0.2, 0.25) is 0 Å². The number of fused-ring (bicyclic) bond motifs is 1. The third kappa shape index (κ3) is 2.65. The number of aromatic nitrogens is 4. The number of piperidine rings is 1. The highest BCUT2D eigenvalue weighted by atomic mass is 16.5. The van der Waals surface area contributed by atoms with E-state index in [2.05, 4.69) is 20.4 Å². The number of H-pyrrole nitrogens is 2. The fraction of sp³-hybridized carbons (Fsp3) is 0.312. The summed E-state index contributed by atoms with van der Waals surface area (Å²) in [7, 11) is 0. The van der Waals surface area contributed by atoms with Crippen molar-refractivity contribution in [2.75, 3.05) is 13.1 Å². The van der Waals surface area contributed by atoms with Crippen LogP contribution in [0, 0.1) is 0 Å². The molecule has 0 unspecified atom stereocenters. The molecule has 1 aliphatic rings. The SMILES string of the molecule is O=C(c1cn[nH]n1)N1CCC(Oc2cccc3[nH]ccc23)CC1. The molecule has 2 N–H and O–H groups in total. The minimum Gasteiger partial charge on any atom is -0.490 e. The molecule has 1 aromatic carbocycles. The summed E-state index contributed by atoms with van der Waals surface area (Å²) in [6.07, 6.45) is 5.11. The quantitative estimate of drug-likeness (QED) is 0.774. The number of carbonyl (C=O) groups is 1. The van der Waals surface area contributed by atoms with Crippen LogP contribution in [-0.2, 0) is 0 Å². The van der Waals surface area contributed by atoms with E-state index < -0.39 is 0 Å². The first-order valence-electron chi connectivity index (χ1n) is 7.69. The Bertz CT molecular complexity index is 803. The lowest BCUT2D eigenvalue weighted by Gasteiger charge is -2.31. The molecule has 0 radical (unpaired) electrons. The molecule has 1 aliphatic heterocycles. The van der Waals surface area contributed by atoms with Gasteiger partial charge in [-0.3, -0.25) is 4.79 Å². The summed E-state index contributed by atoms with van der Waals surface area (Å²) in [5, 5.41) is 11.1. The van der Waals surface area contributed by atoms with Crippen LogP contribution >= 0.6 is 0 Å². The summed E-state index contributed by atoms with van der Waals surface area (Å²) in [5.74, 6) is 0.815. The van der Waals surface area contributed by atoms with E-state index in [1.54, 1.807) is 4.90 Å².